The molecule has 4 rings (SSSR count). The normalized spacial score (nSPS) is 11.2. The predicted molar refractivity (Wildman–Crippen MR) is 120 cm³/mol. The lowest BCUT2D eigenvalue weighted by atomic mass is 10.1. The van der Waals surface area contributed by atoms with Crippen LogP contribution in [0.1, 0.15) is 21.6 Å². The molecule has 0 bridgehead atoms. The van der Waals surface area contributed by atoms with Crippen molar-refractivity contribution in [3.05, 3.63) is 102 Å². The minimum atomic E-state index is -0.389. The smallest absolute Gasteiger partial charge is 0.275 e. The number of halogens is 1. The first-order valence-electron chi connectivity index (χ1n) is 10.3. The van der Waals surface area contributed by atoms with Crippen LogP contribution >= 0.6 is 0 Å². The van der Waals surface area contributed by atoms with Crippen molar-refractivity contribution in [3.63, 3.8) is 0 Å². The fourth-order valence-electron chi connectivity index (χ4n) is 3.62. The summed E-state index contributed by atoms with van der Waals surface area (Å²) in [4.78, 5) is 17.4. The minimum Gasteiger partial charge on any atom is -0.332 e. The number of amides is 1. The van der Waals surface area contributed by atoms with Crippen LogP contribution in [0.3, 0.4) is 0 Å². The standard InChI is InChI=1S/C25H25FN4O/c1-29(17-19-8-4-2-5-9-19)14-15-30(18-20-10-6-3-7-11-20)25(31)24-22-16-21(26)12-13-23(22)27-28-24/h2-13,16H,14-15,17-18H2,1H3,(H,27,28). The number of hydrogen-bond acceptors (Lipinski definition) is 3. The molecule has 1 amide bonds. The molecule has 31 heavy (non-hydrogen) atoms. The molecule has 3 aromatic carbocycles. The third-order valence-electron chi connectivity index (χ3n) is 5.28. The molecule has 5 nitrogen and oxygen atoms in total. The number of aromatic amines is 1. The van der Waals surface area contributed by atoms with Gasteiger partial charge in [-0.3, -0.25) is 9.89 Å². The van der Waals surface area contributed by atoms with Gasteiger partial charge in [-0.1, -0.05) is 60.7 Å². The molecule has 0 aliphatic rings. The highest BCUT2D eigenvalue weighted by Gasteiger charge is 2.22. The van der Waals surface area contributed by atoms with Gasteiger partial charge in [0.1, 0.15) is 5.82 Å². The topological polar surface area (TPSA) is 52.2 Å². The largest absolute Gasteiger partial charge is 0.332 e. The Kier molecular flexibility index (Phi) is 6.38. The molecular weight excluding hydrogens is 391 g/mol. The Morgan fingerprint density at radius 1 is 0.903 bits per heavy atom. The Hall–Kier alpha value is -3.51. The number of nitrogens with zero attached hydrogens (tertiary/aromatic N) is 3. The van der Waals surface area contributed by atoms with Crippen LogP contribution in [0.2, 0.25) is 0 Å². The van der Waals surface area contributed by atoms with E-state index in [-0.39, 0.29) is 17.4 Å². The van der Waals surface area contributed by atoms with E-state index in [1.807, 2.05) is 55.6 Å². The van der Waals surface area contributed by atoms with Crippen LogP contribution in [0.5, 0.6) is 0 Å². The molecule has 1 N–H and O–H groups in total. The van der Waals surface area contributed by atoms with Crippen LogP contribution in [-0.2, 0) is 13.1 Å². The number of likely N-dealkylation sites (N-methyl/N-ethyl adjacent to an activating group) is 1. The quantitative estimate of drug-likeness (QED) is 0.461. The Balaban J connectivity index is 1.53. The van der Waals surface area contributed by atoms with Crippen molar-refractivity contribution in [2.45, 2.75) is 13.1 Å². The zero-order valence-corrected chi connectivity index (χ0v) is 17.5. The molecular formula is C25H25FN4O. The van der Waals surface area contributed by atoms with Gasteiger partial charge in [0.25, 0.3) is 5.91 Å². The molecule has 0 saturated carbocycles. The fraction of sp³-hybridized carbons (Fsp3) is 0.200. The van der Waals surface area contributed by atoms with Gasteiger partial charge in [-0.2, -0.15) is 5.10 Å². The van der Waals surface area contributed by atoms with E-state index in [1.54, 1.807) is 11.0 Å². The first kappa shape index (κ1) is 20.8. The summed E-state index contributed by atoms with van der Waals surface area (Å²) >= 11 is 0. The molecule has 0 fully saturated rings. The second-order valence-electron chi connectivity index (χ2n) is 7.70. The fourth-order valence-corrected chi connectivity index (χ4v) is 3.62. The van der Waals surface area contributed by atoms with Gasteiger partial charge in [0.15, 0.2) is 5.69 Å². The SMILES string of the molecule is CN(CCN(Cc1ccccc1)C(=O)c1n[nH]c2ccc(F)cc12)Cc1ccccc1. The third kappa shape index (κ3) is 5.16. The van der Waals surface area contributed by atoms with E-state index in [4.69, 9.17) is 0 Å². The second kappa shape index (κ2) is 9.53. The Morgan fingerprint density at radius 3 is 2.23 bits per heavy atom. The van der Waals surface area contributed by atoms with E-state index in [0.29, 0.717) is 30.5 Å². The van der Waals surface area contributed by atoms with Gasteiger partial charge in [-0.05, 0) is 36.4 Å². The van der Waals surface area contributed by atoms with Crippen molar-refractivity contribution in [1.29, 1.82) is 0 Å². The number of carbonyl (C=O) groups is 1. The second-order valence-corrected chi connectivity index (χ2v) is 7.70. The van der Waals surface area contributed by atoms with E-state index in [2.05, 4.69) is 27.2 Å². The van der Waals surface area contributed by atoms with Crippen LogP contribution in [0.15, 0.2) is 78.9 Å². The summed E-state index contributed by atoms with van der Waals surface area (Å²) in [5.74, 6) is -0.603. The molecule has 0 atom stereocenters. The van der Waals surface area contributed by atoms with Crippen molar-refractivity contribution < 1.29 is 9.18 Å². The lowest BCUT2D eigenvalue weighted by Gasteiger charge is -2.25. The summed E-state index contributed by atoms with van der Waals surface area (Å²) in [6, 6.07) is 24.4. The van der Waals surface area contributed by atoms with Gasteiger partial charge in [0.05, 0.1) is 5.52 Å². The molecule has 0 radical (unpaired) electrons. The highest BCUT2D eigenvalue weighted by Crippen LogP contribution is 2.20. The van der Waals surface area contributed by atoms with Crippen molar-refractivity contribution >= 4 is 16.8 Å². The van der Waals surface area contributed by atoms with Crippen LogP contribution in [0.4, 0.5) is 4.39 Å². The zero-order valence-electron chi connectivity index (χ0n) is 17.5. The van der Waals surface area contributed by atoms with Crippen molar-refractivity contribution in [3.8, 4) is 0 Å². The molecule has 4 aromatic rings. The van der Waals surface area contributed by atoms with E-state index < -0.39 is 0 Å². The first-order valence-corrected chi connectivity index (χ1v) is 10.3. The molecule has 0 spiro atoms. The summed E-state index contributed by atoms with van der Waals surface area (Å²) < 4.78 is 13.8. The van der Waals surface area contributed by atoms with Gasteiger partial charge in [0.2, 0.25) is 0 Å². The summed E-state index contributed by atoms with van der Waals surface area (Å²) in [6.45, 7) is 2.48. The molecule has 1 heterocycles. The third-order valence-corrected chi connectivity index (χ3v) is 5.28. The summed E-state index contributed by atoms with van der Waals surface area (Å²) in [5.41, 5.74) is 3.15. The number of carbonyl (C=O) groups excluding carboxylic acids is 1. The van der Waals surface area contributed by atoms with Crippen molar-refractivity contribution in [1.82, 2.24) is 20.0 Å². The number of H-pyrrole nitrogens is 1. The lowest BCUT2D eigenvalue weighted by Crippen LogP contribution is -2.37. The molecule has 0 saturated heterocycles. The molecule has 0 aliphatic carbocycles. The maximum absolute atomic E-state index is 13.8. The maximum Gasteiger partial charge on any atom is 0.275 e. The van der Waals surface area contributed by atoms with Crippen molar-refractivity contribution in [2.24, 2.45) is 0 Å². The monoisotopic (exact) mass is 416 g/mol. The average Bonchev–Trinajstić information content (AvgIpc) is 3.20. The van der Waals surface area contributed by atoms with Gasteiger partial charge >= 0.3 is 0 Å². The lowest BCUT2D eigenvalue weighted by molar-refractivity contribution is 0.0722. The van der Waals surface area contributed by atoms with Crippen LogP contribution < -0.4 is 0 Å². The number of nitrogens with one attached hydrogen (secondary N) is 1. The average molecular weight is 417 g/mol. The van der Waals surface area contributed by atoms with E-state index >= 15 is 0 Å². The minimum absolute atomic E-state index is 0.214. The summed E-state index contributed by atoms with van der Waals surface area (Å²) in [7, 11) is 2.04. The van der Waals surface area contributed by atoms with Crippen LogP contribution in [-0.4, -0.2) is 46.0 Å². The Morgan fingerprint density at radius 2 is 1.55 bits per heavy atom. The van der Waals surface area contributed by atoms with Crippen LogP contribution in [0.25, 0.3) is 10.9 Å². The van der Waals surface area contributed by atoms with Gasteiger partial charge in [0, 0.05) is 31.6 Å². The molecule has 0 unspecified atom stereocenters. The summed E-state index contributed by atoms with van der Waals surface area (Å²) in [6.07, 6.45) is 0. The van der Waals surface area contributed by atoms with Crippen LogP contribution in [0, 0.1) is 5.82 Å². The van der Waals surface area contributed by atoms with Gasteiger partial charge < -0.3 is 9.80 Å². The Bertz CT molecular complexity index is 1140. The van der Waals surface area contributed by atoms with E-state index in [9.17, 15) is 9.18 Å². The van der Waals surface area contributed by atoms with Gasteiger partial charge in [-0.25, -0.2) is 4.39 Å². The number of fused-ring (bicyclic) bond motifs is 1. The molecule has 0 aliphatic heterocycles. The van der Waals surface area contributed by atoms with E-state index in [1.165, 1.54) is 17.7 Å². The van der Waals surface area contributed by atoms with E-state index in [0.717, 1.165) is 12.1 Å². The number of benzene rings is 3. The van der Waals surface area contributed by atoms with Crippen molar-refractivity contribution in [2.75, 3.05) is 20.1 Å². The first-order chi connectivity index (χ1) is 15.1. The molecule has 1 aromatic heterocycles. The molecule has 6 heteroatoms. The highest BCUT2D eigenvalue weighted by molar-refractivity contribution is 6.04. The maximum atomic E-state index is 13.8. The highest BCUT2D eigenvalue weighted by atomic mass is 19.1. The van der Waals surface area contributed by atoms with Gasteiger partial charge in [-0.15, -0.1) is 0 Å². The number of rotatable bonds is 8. The molecule has 158 valence electrons. The number of hydrogen-bond donors (Lipinski definition) is 1. The number of aromatic nitrogens is 2. The predicted octanol–water partition coefficient (Wildman–Crippen LogP) is 4.48. The zero-order chi connectivity index (χ0) is 21.6. The summed E-state index contributed by atoms with van der Waals surface area (Å²) in [5, 5.41) is 7.54. The Labute approximate surface area is 181 Å².